The molecule has 0 heterocycles. The van der Waals surface area contributed by atoms with Crippen molar-refractivity contribution >= 4 is 0 Å². The Kier molecular flexibility index (Phi) is 5.37. The van der Waals surface area contributed by atoms with Gasteiger partial charge in [-0.25, -0.2) is 0 Å². The number of rotatable bonds is 6. The van der Waals surface area contributed by atoms with Gasteiger partial charge < -0.3 is 5.73 Å². The van der Waals surface area contributed by atoms with E-state index < -0.39 is 0 Å². The summed E-state index contributed by atoms with van der Waals surface area (Å²) >= 11 is 0. The molecule has 0 aliphatic carbocycles. The molecule has 20 heavy (non-hydrogen) atoms. The van der Waals surface area contributed by atoms with E-state index in [2.05, 4.69) is 62.4 Å². The zero-order valence-electron chi connectivity index (χ0n) is 12.6. The summed E-state index contributed by atoms with van der Waals surface area (Å²) in [5, 5.41) is 0. The molecule has 0 bridgehead atoms. The third kappa shape index (κ3) is 3.71. The van der Waals surface area contributed by atoms with E-state index in [9.17, 15) is 0 Å². The molecule has 1 heteroatoms. The van der Waals surface area contributed by atoms with E-state index >= 15 is 0 Å². The van der Waals surface area contributed by atoms with Crippen molar-refractivity contribution in [2.75, 3.05) is 0 Å². The summed E-state index contributed by atoms with van der Waals surface area (Å²) in [6, 6.07) is 17.7. The molecule has 2 aromatic carbocycles. The first kappa shape index (κ1) is 14.8. The van der Waals surface area contributed by atoms with Crippen LogP contribution in [0.5, 0.6) is 0 Å². The van der Waals surface area contributed by atoms with Crippen LogP contribution in [0, 0.1) is 0 Å². The lowest BCUT2D eigenvalue weighted by Gasteiger charge is -2.10. The van der Waals surface area contributed by atoms with Crippen molar-refractivity contribution in [1.29, 1.82) is 0 Å². The minimum absolute atomic E-state index is 0.153. The standard InChI is InChI=1S/C19H25N/c1-3-5-6-15-7-9-16(10-8-15)17-11-13-18(14-12-17)19(20)4-2/h7-14,19H,3-6,20H2,1-2H3. The number of nitrogens with two attached hydrogens (primary N) is 1. The van der Waals surface area contributed by atoms with E-state index in [0.717, 1.165) is 6.42 Å². The molecule has 0 radical (unpaired) electrons. The second kappa shape index (κ2) is 7.25. The van der Waals surface area contributed by atoms with Crippen LogP contribution in [-0.4, -0.2) is 0 Å². The van der Waals surface area contributed by atoms with E-state index in [1.165, 1.54) is 41.5 Å². The molecule has 0 aromatic heterocycles. The van der Waals surface area contributed by atoms with Crippen molar-refractivity contribution in [2.24, 2.45) is 5.73 Å². The van der Waals surface area contributed by atoms with Gasteiger partial charge in [-0.05, 0) is 41.5 Å². The van der Waals surface area contributed by atoms with E-state index in [1.54, 1.807) is 0 Å². The van der Waals surface area contributed by atoms with Gasteiger partial charge in [-0.3, -0.25) is 0 Å². The zero-order valence-corrected chi connectivity index (χ0v) is 12.6. The molecule has 0 aliphatic heterocycles. The van der Waals surface area contributed by atoms with Crippen molar-refractivity contribution in [2.45, 2.75) is 45.6 Å². The number of hydrogen-bond donors (Lipinski definition) is 1. The maximum absolute atomic E-state index is 6.05. The Labute approximate surface area is 122 Å². The van der Waals surface area contributed by atoms with Crippen LogP contribution in [0.15, 0.2) is 48.5 Å². The third-order valence-corrected chi connectivity index (χ3v) is 3.88. The normalized spacial score (nSPS) is 12.3. The highest BCUT2D eigenvalue weighted by Gasteiger charge is 2.03. The lowest BCUT2D eigenvalue weighted by molar-refractivity contribution is 0.699. The quantitative estimate of drug-likeness (QED) is 0.773. The van der Waals surface area contributed by atoms with Gasteiger partial charge in [0.2, 0.25) is 0 Å². The monoisotopic (exact) mass is 267 g/mol. The van der Waals surface area contributed by atoms with Gasteiger partial charge in [-0.2, -0.15) is 0 Å². The number of aryl methyl sites for hydroxylation is 1. The van der Waals surface area contributed by atoms with Crippen LogP contribution in [0.2, 0.25) is 0 Å². The fourth-order valence-corrected chi connectivity index (χ4v) is 2.40. The van der Waals surface area contributed by atoms with Gasteiger partial charge in [0.05, 0.1) is 0 Å². The fourth-order valence-electron chi connectivity index (χ4n) is 2.40. The molecule has 1 nitrogen and oxygen atoms in total. The number of hydrogen-bond acceptors (Lipinski definition) is 1. The Hall–Kier alpha value is -1.60. The molecule has 0 spiro atoms. The van der Waals surface area contributed by atoms with Crippen molar-refractivity contribution in [3.63, 3.8) is 0 Å². The van der Waals surface area contributed by atoms with Gasteiger partial charge in [0, 0.05) is 6.04 Å². The predicted octanol–water partition coefficient (Wildman–Crippen LogP) is 5.11. The lowest BCUT2D eigenvalue weighted by atomic mass is 9.98. The van der Waals surface area contributed by atoms with Crippen LogP contribution in [0.1, 0.15) is 50.3 Å². The summed E-state index contributed by atoms with van der Waals surface area (Å²) in [5.41, 5.74) is 11.2. The summed E-state index contributed by atoms with van der Waals surface area (Å²) < 4.78 is 0. The molecule has 0 fully saturated rings. The average Bonchev–Trinajstić information content (AvgIpc) is 2.53. The highest BCUT2D eigenvalue weighted by Crippen LogP contribution is 2.23. The summed E-state index contributed by atoms with van der Waals surface area (Å²) in [6.45, 7) is 4.35. The van der Waals surface area contributed by atoms with Crippen LogP contribution in [-0.2, 0) is 6.42 Å². The molecule has 1 atom stereocenters. The minimum atomic E-state index is 0.153. The predicted molar refractivity (Wildman–Crippen MR) is 87.7 cm³/mol. The molecule has 0 saturated carbocycles. The summed E-state index contributed by atoms with van der Waals surface area (Å²) in [6.07, 6.45) is 4.68. The molecule has 1 unspecified atom stereocenters. The van der Waals surface area contributed by atoms with Gasteiger partial charge in [-0.15, -0.1) is 0 Å². The molecule has 2 rings (SSSR count). The van der Waals surface area contributed by atoms with Gasteiger partial charge in [0.25, 0.3) is 0 Å². The summed E-state index contributed by atoms with van der Waals surface area (Å²) in [5.74, 6) is 0. The largest absolute Gasteiger partial charge is 0.324 e. The first-order valence-electron chi connectivity index (χ1n) is 7.69. The van der Waals surface area contributed by atoms with Crippen LogP contribution in [0.3, 0.4) is 0 Å². The van der Waals surface area contributed by atoms with Crippen LogP contribution < -0.4 is 5.73 Å². The van der Waals surface area contributed by atoms with E-state index in [4.69, 9.17) is 5.73 Å². The van der Waals surface area contributed by atoms with E-state index in [1.807, 2.05) is 0 Å². The first-order valence-corrected chi connectivity index (χ1v) is 7.69. The molecule has 0 amide bonds. The molecular weight excluding hydrogens is 242 g/mol. The van der Waals surface area contributed by atoms with Crippen LogP contribution in [0.4, 0.5) is 0 Å². The minimum Gasteiger partial charge on any atom is -0.324 e. The molecule has 0 aliphatic rings. The molecular formula is C19H25N. The van der Waals surface area contributed by atoms with Gasteiger partial charge in [0.15, 0.2) is 0 Å². The van der Waals surface area contributed by atoms with E-state index in [0.29, 0.717) is 0 Å². The highest BCUT2D eigenvalue weighted by atomic mass is 14.6. The second-order valence-corrected chi connectivity index (χ2v) is 5.44. The topological polar surface area (TPSA) is 26.0 Å². The van der Waals surface area contributed by atoms with Crippen LogP contribution >= 0.6 is 0 Å². The third-order valence-electron chi connectivity index (χ3n) is 3.88. The van der Waals surface area contributed by atoms with E-state index in [-0.39, 0.29) is 6.04 Å². The molecule has 106 valence electrons. The van der Waals surface area contributed by atoms with Crippen molar-refractivity contribution in [3.05, 3.63) is 59.7 Å². The zero-order chi connectivity index (χ0) is 14.4. The summed E-state index contributed by atoms with van der Waals surface area (Å²) in [4.78, 5) is 0. The fraction of sp³-hybridized carbons (Fsp3) is 0.368. The average molecular weight is 267 g/mol. The first-order chi connectivity index (χ1) is 9.74. The Morgan fingerprint density at radius 2 is 1.40 bits per heavy atom. The van der Waals surface area contributed by atoms with Gasteiger partial charge in [0.1, 0.15) is 0 Å². The molecule has 0 saturated heterocycles. The maximum atomic E-state index is 6.05. The second-order valence-electron chi connectivity index (χ2n) is 5.44. The Morgan fingerprint density at radius 3 is 1.90 bits per heavy atom. The SMILES string of the molecule is CCCCc1ccc(-c2ccc(C(N)CC)cc2)cc1. The molecule has 2 N–H and O–H groups in total. The van der Waals surface area contributed by atoms with Crippen molar-refractivity contribution in [3.8, 4) is 11.1 Å². The van der Waals surface area contributed by atoms with Crippen molar-refractivity contribution in [1.82, 2.24) is 0 Å². The highest BCUT2D eigenvalue weighted by molar-refractivity contribution is 5.64. The maximum Gasteiger partial charge on any atom is 0.0292 e. The Morgan fingerprint density at radius 1 is 0.850 bits per heavy atom. The Bertz CT molecular complexity index is 510. The lowest BCUT2D eigenvalue weighted by Crippen LogP contribution is -2.07. The van der Waals surface area contributed by atoms with Crippen LogP contribution in [0.25, 0.3) is 11.1 Å². The molecule has 2 aromatic rings. The number of benzene rings is 2. The smallest absolute Gasteiger partial charge is 0.0292 e. The van der Waals surface area contributed by atoms with Gasteiger partial charge in [-0.1, -0.05) is 68.8 Å². The number of unbranched alkanes of at least 4 members (excludes halogenated alkanes) is 1. The summed E-state index contributed by atoms with van der Waals surface area (Å²) in [7, 11) is 0. The Balaban J connectivity index is 2.11. The van der Waals surface area contributed by atoms with Gasteiger partial charge >= 0.3 is 0 Å². The van der Waals surface area contributed by atoms with Crippen molar-refractivity contribution < 1.29 is 0 Å².